The Morgan fingerprint density at radius 1 is 0.237 bits per heavy atom. The van der Waals surface area contributed by atoms with Crippen LogP contribution in [0.3, 0.4) is 0 Å². The number of benzene rings is 13. The first kappa shape index (κ1) is 44.8. The van der Waals surface area contributed by atoms with E-state index in [1.54, 1.807) is 0 Å². The highest BCUT2D eigenvalue weighted by molar-refractivity contribution is 6.23. The molecular weight excluding hydrogens is 915 g/mol. The molecule has 0 saturated carbocycles. The molecule has 0 radical (unpaired) electrons. The summed E-state index contributed by atoms with van der Waals surface area (Å²) in [4.78, 5) is 2.59. The van der Waals surface area contributed by atoms with E-state index in [-0.39, 0.29) is 0 Å². The summed E-state index contributed by atoms with van der Waals surface area (Å²) >= 11 is 0. The van der Waals surface area contributed by atoms with E-state index in [1.165, 1.54) is 99.4 Å². The van der Waals surface area contributed by atoms with Crippen molar-refractivity contribution in [1.82, 2.24) is 0 Å². The smallest absolute Gasteiger partial charge is 0.0714 e. The van der Waals surface area contributed by atoms with E-state index in [0.29, 0.717) is 0 Å². The van der Waals surface area contributed by atoms with Crippen molar-refractivity contribution in [3.8, 4) is 66.8 Å². The van der Waals surface area contributed by atoms with E-state index >= 15 is 0 Å². The van der Waals surface area contributed by atoms with Gasteiger partial charge in [0, 0.05) is 22.2 Å². The Hall–Kier alpha value is -9.82. The van der Waals surface area contributed by atoms with Crippen molar-refractivity contribution < 1.29 is 0 Å². The Kier molecular flexibility index (Phi) is 11.2. The second-order valence-corrected chi connectivity index (χ2v) is 19.9. The Morgan fingerprint density at radius 2 is 0.645 bits per heavy atom. The first-order chi connectivity index (χ1) is 37.7. The van der Waals surface area contributed by atoms with Crippen molar-refractivity contribution in [3.63, 3.8) is 0 Å². The fraction of sp³-hybridized carbons (Fsp3) is 0.0133. The lowest BCUT2D eigenvalue weighted by Crippen LogP contribution is -2.28. The van der Waals surface area contributed by atoms with Gasteiger partial charge >= 0.3 is 0 Å². The molecule has 356 valence electrons. The van der Waals surface area contributed by atoms with E-state index in [4.69, 9.17) is 0 Å². The molecule has 0 aromatic heterocycles. The molecule has 0 fully saturated rings. The lowest BCUT2D eigenvalue weighted by Gasteiger charge is -2.35. The molecule has 14 rings (SSSR count). The first-order valence-corrected chi connectivity index (χ1v) is 26.3. The number of anilines is 3. The van der Waals surface area contributed by atoms with Crippen LogP contribution in [0.4, 0.5) is 17.1 Å². The Bertz CT molecular complexity index is 4200. The van der Waals surface area contributed by atoms with Crippen LogP contribution in [0.2, 0.25) is 0 Å². The van der Waals surface area contributed by atoms with E-state index in [1.807, 2.05) is 0 Å². The van der Waals surface area contributed by atoms with Gasteiger partial charge in [-0.15, -0.1) is 0 Å². The Morgan fingerprint density at radius 3 is 1.28 bits per heavy atom. The fourth-order valence-electron chi connectivity index (χ4n) is 12.4. The summed E-state index contributed by atoms with van der Waals surface area (Å²) in [6, 6.07) is 114. The molecule has 0 aliphatic heterocycles. The molecule has 0 heterocycles. The van der Waals surface area contributed by atoms with Crippen LogP contribution in [0.15, 0.2) is 309 Å². The van der Waals surface area contributed by atoms with Gasteiger partial charge in [0.25, 0.3) is 0 Å². The highest BCUT2D eigenvalue weighted by Crippen LogP contribution is 2.61. The Labute approximate surface area is 444 Å². The van der Waals surface area contributed by atoms with Gasteiger partial charge in [-0.1, -0.05) is 285 Å². The molecule has 0 atom stereocenters. The van der Waals surface area contributed by atoms with Crippen LogP contribution in [-0.2, 0) is 5.41 Å². The SMILES string of the molecule is c1ccc(-c2cccc(-c3c(N(c4ccc(-c5ccc(-c6ccccc6-c6ccccc6)cc5)cc4)c4cccc5c4-c4ccccc4C5(c4ccccc4)c4ccccc4)c4ccccc4c4ccccc34)c2)cc1. The summed E-state index contributed by atoms with van der Waals surface area (Å²) in [6.07, 6.45) is 0. The molecule has 0 amide bonds. The normalized spacial score (nSPS) is 12.3. The van der Waals surface area contributed by atoms with Crippen molar-refractivity contribution >= 4 is 38.6 Å². The number of fused-ring (bicyclic) bond motifs is 6. The fourth-order valence-corrected chi connectivity index (χ4v) is 12.4. The van der Waals surface area contributed by atoms with Gasteiger partial charge in [0.2, 0.25) is 0 Å². The van der Waals surface area contributed by atoms with Gasteiger partial charge in [-0.05, 0) is 118 Å². The average Bonchev–Trinajstić information content (AvgIpc) is 3.87. The van der Waals surface area contributed by atoms with E-state index in [0.717, 1.165) is 28.2 Å². The lowest BCUT2D eigenvalue weighted by atomic mass is 9.68. The number of hydrogen-bond donors (Lipinski definition) is 0. The van der Waals surface area contributed by atoms with E-state index < -0.39 is 5.41 Å². The molecule has 13 aromatic carbocycles. The highest BCUT2D eigenvalue weighted by Gasteiger charge is 2.47. The predicted octanol–water partition coefficient (Wildman–Crippen LogP) is 20.2. The topological polar surface area (TPSA) is 3.24 Å². The van der Waals surface area contributed by atoms with Crippen LogP contribution < -0.4 is 4.90 Å². The third-order valence-corrected chi connectivity index (χ3v) is 15.8. The predicted molar refractivity (Wildman–Crippen MR) is 321 cm³/mol. The lowest BCUT2D eigenvalue weighted by molar-refractivity contribution is 0.768. The Balaban J connectivity index is 1.03. The standard InChI is InChI=1S/C75H51N/c1-5-23-52(24-6-1)57-27-21-28-58(51-57)72-66-37-17-15-35-64(66)65-36-16-18-38-67(65)74(72)76(61-49-47-54(48-50-61)53-43-45-56(46-44-53)63-34-14-13-33-62(63)55-25-7-2-8-26-55)71-42-22-41-70-73(71)68-39-19-20-40-69(68)75(70,59-29-9-3-10-30-59)60-31-11-4-12-32-60/h1-51H. The van der Waals surface area contributed by atoms with Crippen LogP contribution in [0.25, 0.3) is 88.3 Å². The van der Waals surface area contributed by atoms with E-state index in [2.05, 4.69) is 314 Å². The molecule has 0 bridgehead atoms. The highest BCUT2D eigenvalue weighted by atomic mass is 15.2. The number of nitrogens with zero attached hydrogens (tertiary/aromatic N) is 1. The van der Waals surface area contributed by atoms with Crippen LogP contribution in [0.1, 0.15) is 22.3 Å². The maximum absolute atomic E-state index is 2.59. The molecule has 1 aliphatic rings. The van der Waals surface area contributed by atoms with Gasteiger partial charge in [0.1, 0.15) is 0 Å². The first-order valence-electron chi connectivity index (χ1n) is 26.3. The van der Waals surface area contributed by atoms with Gasteiger partial charge in [0.05, 0.1) is 16.8 Å². The van der Waals surface area contributed by atoms with Gasteiger partial charge in [-0.3, -0.25) is 0 Å². The summed E-state index contributed by atoms with van der Waals surface area (Å²) in [5.41, 5.74) is 22.1. The summed E-state index contributed by atoms with van der Waals surface area (Å²) in [5.74, 6) is 0. The van der Waals surface area contributed by atoms with Gasteiger partial charge in [0.15, 0.2) is 0 Å². The van der Waals surface area contributed by atoms with Gasteiger partial charge < -0.3 is 4.90 Å². The minimum atomic E-state index is -0.577. The molecule has 0 unspecified atom stereocenters. The second-order valence-electron chi connectivity index (χ2n) is 19.9. The maximum Gasteiger partial charge on any atom is 0.0714 e. The largest absolute Gasteiger partial charge is 0.309 e. The van der Waals surface area contributed by atoms with Crippen LogP contribution in [0.5, 0.6) is 0 Å². The minimum Gasteiger partial charge on any atom is -0.309 e. The summed E-state index contributed by atoms with van der Waals surface area (Å²) in [7, 11) is 0. The third kappa shape index (κ3) is 7.39. The quantitative estimate of drug-likeness (QED) is 0.123. The maximum atomic E-state index is 2.59. The van der Waals surface area contributed by atoms with Crippen molar-refractivity contribution in [1.29, 1.82) is 0 Å². The van der Waals surface area contributed by atoms with Gasteiger partial charge in [-0.2, -0.15) is 0 Å². The molecule has 1 heteroatoms. The van der Waals surface area contributed by atoms with Crippen LogP contribution >= 0.6 is 0 Å². The van der Waals surface area contributed by atoms with Crippen LogP contribution in [-0.4, -0.2) is 0 Å². The zero-order valence-corrected chi connectivity index (χ0v) is 41.9. The summed E-state index contributed by atoms with van der Waals surface area (Å²) in [5, 5.41) is 4.82. The second kappa shape index (κ2) is 18.9. The molecular formula is C75H51N. The minimum absolute atomic E-state index is 0.577. The average molecular weight is 966 g/mol. The van der Waals surface area contributed by atoms with Gasteiger partial charge in [-0.25, -0.2) is 0 Å². The van der Waals surface area contributed by atoms with Crippen LogP contribution in [0, 0.1) is 0 Å². The molecule has 0 saturated heterocycles. The monoisotopic (exact) mass is 965 g/mol. The molecule has 13 aromatic rings. The van der Waals surface area contributed by atoms with Crippen molar-refractivity contribution in [2.75, 3.05) is 4.90 Å². The zero-order valence-electron chi connectivity index (χ0n) is 41.9. The number of rotatable bonds is 10. The molecule has 0 spiro atoms. The molecule has 1 nitrogen and oxygen atoms in total. The number of hydrogen-bond acceptors (Lipinski definition) is 1. The van der Waals surface area contributed by atoms with Crippen molar-refractivity contribution in [3.05, 3.63) is 332 Å². The van der Waals surface area contributed by atoms with E-state index in [9.17, 15) is 0 Å². The molecule has 0 N–H and O–H groups in total. The molecule has 76 heavy (non-hydrogen) atoms. The van der Waals surface area contributed by atoms with Crippen molar-refractivity contribution in [2.24, 2.45) is 0 Å². The van der Waals surface area contributed by atoms with Crippen molar-refractivity contribution in [2.45, 2.75) is 5.41 Å². The molecule has 1 aliphatic carbocycles. The third-order valence-electron chi connectivity index (χ3n) is 15.8. The zero-order chi connectivity index (χ0) is 50.4. The summed E-state index contributed by atoms with van der Waals surface area (Å²) < 4.78 is 0. The summed E-state index contributed by atoms with van der Waals surface area (Å²) in [6.45, 7) is 0.